The molecule has 0 saturated carbocycles. The Morgan fingerprint density at radius 1 is 0.429 bits per heavy atom. The quantitative estimate of drug-likeness (QED) is 0.0204. The molecule has 490 valence electrons. The Morgan fingerprint density at radius 2 is 0.798 bits per heavy atom. The number of nitrogens with one attached hydrogen (secondary N) is 1. The molecule has 2 aliphatic heterocycles. The Labute approximate surface area is 511 Å². The number of rotatable bonds is 56. The van der Waals surface area contributed by atoms with E-state index in [0.717, 1.165) is 64.2 Å². The van der Waals surface area contributed by atoms with Crippen molar-refractivity contribution in [3.8, 4) is 0 Å². The van der Waals surface area contributed by atoms with Gasteiger partial charge >= 0.3 is 0 Å². The minimum absolute atomic E-state index is 0.259. The molecule has 2 saturated heterocycles. The Bertz CT molecular complexity index is 1640. The van der Waals surface area contributed by atoms with E-state index in [1.165, 1.54) is 186 Å². The Morgan fingerprint density at radius 3 is 1.25 bits per heavy atom. The van der Waals surface area contributed by atoms with Gasteiger partial charge in [-0.05, 0) is 77.0 Å². The first-order chi connectivity index (χ1) is 41.1. The maximum absolute atomic E-state index is 13.3. The second-order valence-electron chi connectivity index (χ2n) is 24.3. The Hall–Kier alpha value is -2.31. The summed E-state index contributed by atoms with van der Waals surface area (Å²) in [4.78, 5) is 13.3. The molecule has 0 radical (unpaired) electrons. The topological polar surface area (TPSA) is 228 Å². The first-order valence-electron chi connectivity index (χ1n) is 34.5. The predicted molar refractivity (Wildman–Crippen MR) is 341 cm³/mol. The highest BCUT2D eigenvalue weighted by Gasteiger charge is 2.51. The van der Waals surface area contributed by atoms with Crippen LogP contribution in [0.1, 0.15) is 284 Å². The second-order valence-corrected chi connectivity index (χ2v) is 24.3. The molecule has 0 bridgehead atoms. The molecule has 0 aromatic carbocycles. The average molecular weight is 1190 g/mol. The van der Waals surface area contributed by atoms with Crippen LogP contribution in [0, 0.1) is 0 Å². The third-order valence-electron chi connectivity index (χ3n) is 16.7. The molecule has 2 aliphatic rings. The summed E-state index contributed by atoms with van der Waals surface area (Å²) in [7, 11) is 0. The average Bonchev–Trinajstić information content (AvgIpc) is 3.16. The van der Waals surface area contributed by atoms with Gasteiger partial charge in [-0.1, -0.05) is 261 Å². The smallest absolute Gasteiger partial charge is 0.220 e. The van der Waals surface area contributed by atoms with E-state index < -0.39 is 86.8 Å². The zero-order valence-electron chi connectivity index (χ0n) is 53.1. The van der Waals surface area contributed by atoms with Crippen LogP contribution in [0.5, 0.6) is 0 Å². The third kappa shape index (κ3) is 38.9. The van der Waals surface area contributed by atoms with Crippen LogP contribution in [-0.4, -0.2) is 140 Å². The molecule has 14 nitrogen and oxygen atoms in total. The van der Waals surface area contributed by atoms with Crippen LogP contribution in [0.2, 0.25) is 0 Å². The van der Waals surface area contributed by atoms with Gasteiger partial charge in [-0.2, -0.15) is 0 Å². The van der Waals surface area contributed by atoms with Crippen molar-refractivity contribution in [3.05, 3.63) is 60.8 Å². The van der Waals surface area contributed by atoms with E-state index in [4.69, 9.17) is 18.9 Å². The lowest BCUT2D eigenvalue weighted by Crippen LogP contribution is -2.65. The normalized spacial score (nSPS) is 24.0. The van der Waals surface area contributed by atoms with Crippen LogP contribution >= 0.6 is 0 Å². The van der Waals surface area contributed by atoms with Crippen molar-refractivity contribution in [2.24, 2.45) is 0 Å². The number of allylic oxidation sites excluding steroid dienone is 9. The van der Waals surface area contributed by atoms with E-state index in [9.17, 15) is 45.6 Å². The summed E-state index contributed by atoms with van der Waals surface area (Å²) < 4.78 is 22.8. The number of aliphatic hydroxyl groups is 8. The van der Waals surface area contributed by atoms with E-state index >= 15 is 0 Å². The predicted octanol–water partition coefficient (Wildman–Crippen LogP) is 13.7. The molecule has 2 rings (SSSR count). The SMILES string of the molecule is CCCCCC/C=C\C/C=C\CCCCCCCCCC(=O)NC(COC1OC(CO)C(OC2OC(CO)C(O)C(O)C2O)C(O)C1O)C(O)/C=C/CC/C=C/CC/C=C/CCCCCCCCCCCCCCCCCCCCCCCC. The molecular formula is C70H127NO13. The van der Waals surface area contributed by atoms with Crippen molar-refractivity contribution >= 4 is 5.91 Å². The minimum Gasteiger partial charge on any atom is -0.394 e. The number of carbonyl (C=O) groups is 1. The van der Waals surface area contributed by atoms with Crippen LogP contribution in [-0.2, 0) is 23.7 Å². The molecule has 0 aromatic heterocycles. The summed E-state index contributed by atoms with van der Waals surface area (Å²) in [5, 5.41) is 87.3. The van der Waals surface area contributed by atoms with Gasteiger partial charge in [0.1, 0.15) is 48.8 Å². The van der Waals surface area contributed by atoms with E-state index in [1.54, 1.807) is 6.08 Å². The van der Waals surface area contributed by atoms with Crippen LogP contribution < -0.4 is 5.32 Å². The number of carbonyl (C=O) groups excluding carboxylic acids is 1. The van der Waals surface area contributed by atoms with Gasteiger partial charge in [0.2, 0.25) is 5.91 Å². The fraction of sp³-hybridized carbons (Fsp3) is 0.843. The summed E-state index contributed by atoms with van der Waals surface area (Å²) in [5.74, 6) is -0.261. The van der Waals surface area contributed by atoms with Crippen molar-refractivity contribution in [1.82, 2.24) is 5.32 Å². The van der Waals surface area contributed by atoms with Crippen LogP contribution in [0.4, 0.5) is 0 Å². The summed E-state index contributed by atoms with van der Waals surface area (Å²) in [6, 6.07) is -0.946. The van der Waals surface area contributed by atoms with Crippen molar-refractivity contribution < 1.29 is 64.6 Å². The summed E-state index contributed by atoms with van der Waals surface area (Å²) >= 11 is 0. The fourth-order valence-electron chi connectivity index (χ4n) is 11.1. The molecule has 0 aromatic rings. The van der Waals surface area contributed by atoms with Gasteiger partial charge in [0.15, 0.2) is 12.6 Å². The van der Waals surface area contributed by atoms with Crippen LogP contribution in [0.3, 0.4) is 0 Å². The molecule has 0 spiro atoms. The van der Waals surface area contributed by atoms with Gasteiger partial charge in [0.25, 0.3) is 0 Å². The Kier molecular flexibility index (Phi) is 50.8. The van der Waals surface area contributed by atoms with Crippen molar-refractivity contribution in [2.45, 2.75) is 357 Å². The molecule has 14 heteroatoms. The zero-order valence-corrected chi connectivity index (χ0v) is 53.1. The zero-order chi connectivity index (χ0) is 60.9. The molecule has 0 aliphatic carbocycles. The van der Waals surface area contributed by atoms with Crippen LogP contribution in [0.15, 0.2) is 60.8 Å². The molecule has 12 atom stereocenters. The molecule has 84 heavy (non-hydrogen) atoms. The number of hydrogen-bond acceptors (Lipinski definition) is 13. The van der Waals surface area contributed by atoms with E-state index in [2.05, 4.69) is 67.8 Å². The van der Waals surface area contributed by atoms with Gasteiger partial charge in [-0.15, -0.1) is 0 Å². The fourth-order valence-corrected chi connectivity index (χ4v) is 11.1. The highest BCUT2D eigenvalue weighted by Crippen LogP contribution is 2.30. The number of hydrogen-bond donors (Lipinski definition) is 9. The molecule has 12 unspecified atom stereocenters. The molecule has 2 fully saturated rings. The number of aliphatic hydroxyl groups excluding tert-OH is 8. The summed E-state index contributed by atoms with van der Waals surface area (Å²) in [6.45, 7) is 2.78. The lowest BCUT2D eigenvalue weighted by atomic mass is 9.97. The number of unbranched alkanes of at least 4 members (excludes halogenated alkanes) is 35. The van der Waals surface area contributed by atoms with E-state index in [-0.39, 0.29) is 18.9 Å². The van der Waals surface area contributed by atoms with Gasteiger partial charge in [0.05, 0.1) is 32.0 Å². The van der Waals surface area contributed by atoms with Gasteiger partial charge < -0.3 is 65.1 Å². The first kappa shape index (κ1) is 77.8. The van der Waals surface area contributed by atoms with Gasteiger partial charge in [-0.25, -0.2) is 0 Å². The van der Waals surface area contributed by atoms with E-state index in [1.807, 2.05) is 6.08 Å². The molecule has 9 N–H and O–H groups in total. The van der Waals surface area contributed by atoms with Gasteiger partial charge in [0, 0.05) is 6.42 Å². The van der Waals surface area contributed by atoms with Crippen molar-refractivity contribution in [3.63, 3.8) is 0 Å². The highest BCUT2D eigenvalue weighted by molar-refractivity contribution is 5.76. The number of ether oxygens (including phenoxy) is 4. The number of amides is 1. The molecular weight excluding hydrogens is 1060 g/mol. The summed E-state index contributed by atoms with van der Waals surface area (Å²) in [6.07, 6.45) is 55.7. The lowest BCUT2D eigenvalue weighted by Gasteiger charge is -2.46. The molecule has 1 amide bonds. The second kappa shape index (κ2) is 54.8. The highest BCUT2D eigenvalue weighted by atomic mass is 16.7. The van der Waals surface area contributed by atoms with Crippen molar-refractivity contribution in [2.75, 3.05) is 19.8 Å². The Balaban J connectivity index is 1.70. The molecule has 2 heterocycles. The third-order valence-corrected chi connectivity index (χ3v) is 16.7. The summed E-state index contributed by atoms with van der Waals surface area (Å²) in [5.41, 5.74) is 0. The standard InChI is InChI=1S/C70H127NO13/c1-3-5-7-9-11-13-15-17-19-21-23-24-25-26-27-28-29-30-31-32-33-34-35-36-37-39-41-43-45-47-49-51-53-59(74)58(71-62(75)54-52-50-48-46-44-42-40-38-22-20-18-16-14-12-10-8-6-4-2)57-81-69-67(80)65(78)68(61(56-73)83-69)84-70-66(79)64(77)63(76)60(55-72)82-70/h14,16,20,22,36-37,43,45,51,53,58-61,63-70,72-74,76-80H,3-13,15,17-19,21,23-35,38-42,44,46-50,52,54-57H2,1-2H3,(H,71,75)/b16-14-,22-20-,37-36+,45-43+,53-51+. The first-order valence-corrected chi connectivity index (χ1v) is 34.5. The van der Waals surface area contributed by atoms with Crippen molar-refractivity contribution in [1.29, 1.82) is 0 Å². The minimum atomic E-state index is -1.80. The van der Waals surface area contributed by atoms with E-state index in [0.29, 0.717) is 12.8 Å². The largest absolute Gasteiger partial charge is 0.394 e. The monoisotopic (exact) mass is 1190 g/mol. The maximum Gasteiger partial charge on any atom is 0.220 e. The van der Waals surface area contributed by atoms with Gasteiger partial charge in [-0.3, -0.25) is 4.79 Å². The lowest BCUT2D eigenvalue weighted by molar-refractivity contribution is -0.359. The maximum atomic E-state index is 13.3. The van der Waals surface area contributed by atoms with Crippen LogP contribution in [0.25, 0.3) is 0 Å².